The smallest absolute Gasteiger partial charge is 0.238 e. The van der Waals surface area contributed by atoms with Crippen molar-refractivity contribution in [1.82, 2.24) is 9.97 Å². The van der Waals surface area contributed by atoms with Crippen LogP contribution in [0, 0.1) is 6.92 Å². The van der Waals surface area contributed by atoms with E-state index >= 15 is 0 Å². The van der Waals surface area contributed by atoms with Crippen LogP contribution in [0.5, 0.6) is 0 Å². The fourth-order valence-corrected chi connectivity index (χ4v) is 3.34. The van der Waals surface area contributed by atoms with Gasteiger partial charge in [-0.05, 0) is 25.8 Å². The van der Waals surface area contributed by atoms with Crippen LogP contribution in [0.2, 0.25) is 5.15 Å². The van der Waals surface area contributed by atoms with Gasteiger partial charge in [0.25, 0.3) is 0 Å². The van der Waals surface area contributed by atoms with Gasteiger partial charge in [0.2, 0.25) is 16.0 Å². The first-order valence-corrected chi connectivity index (χ1v) is 7.50. The number of sulfonamides is 1. The fourth-order valence-electron chi connectivity index (χ4n) is 1.77. The summed E-state index contributed by atoms with van der Waals surface area (Å²) in [6.45, 7) is 2.64. The summed E-state index contributed by atoms with van der Waals surface area (Å²) in [5.41, 5.74) is 0.611. The third kappa shape index (κ3) is 3.30. The van der Waals surface area contributed by atoms with Gasteiger partial charge in [-0.25, -0.2) is 18.4 Å². The predicted molar refractivity (Wildman–Crippen MR) is 68.2 cm³/mol. The second-order valence-electron chi connectivity index (χ2n) is 4.11. The van der Waals surface area contributed by atoms with Crippen molar-refractivity contribution in [2.24, 2.45) is 0 Å². The van der Waals surface area contributed by atoms with Crippen molar-refractivity contribution in [2.75, 3.05) is 17.9 Å². The number of anilines is 1. The molecule has 1 N–H and O–H groups in total. The van der Waals surface area contributed by atoms with Crippen LogP contribution in [-0.2, 0) is 14.8 Å². The summed E-state index contributed by atoms with van der Waals surface area (Å²) in [6, 6.07) is 1.56. The van der Waals surface area contributed by atoms with Crippen molar-refractivity contribution < 1.29 is 13.2 Å². The predicted octanol–water partition coefficient (Wildman–Crippen LogP) is 1.36. The molecule has 1 aliphatic heterocycles. The molecule has 1 fully saturated rings. The molecule has 6 nitrogen and oxygen atoms in total. The molecule has 0 unspecified atom stereocenters. The first kappa shape index (κ1) is 13.5. The minimum absolute atomic E-state index is 0.0199. The number of aromatic nitrogens is 2. The Morgan fingerprint density at radius 3 is 2.67 bits per heavy atom. The van der Waals surface area contributed by atoms with E-state index in [4.69, 9.17) is 16.3 Å². The molecule has 18 heavy (non-hydrogen) atoms. The van der Waals surface area contributed by atoms with Crippen molar-refractivity contribution in [3.8, 4) is 0 Å². The summed E-state index contributed by atoms with van der Waals surface area (Å²) < 4.78 is 31.7. The molecule has 0 bridgehead atoms. The second kappa shape index (κ2) is 5.38. The van der Waals surface area contributed by atoms with Crippen molar-refractivity contribution in [3.05, 3.63) is 16.9 Å². The highest BCUT2D eigenvalue weighted by Crippen LogP contribution is 2.18. The molecule has 2 heterocycles. The van der Waals surface area contributed by atoms with E-state index in [0.717, 1.165) is 0 Å². The first-order chi connectivity index (χ1) is 8.47. The van der Waals surface area contributed by atoms with Gasteiger partial charge in [0.15, 0.2) is 0 Å². The zero-order chi connectivity index (χ0) is 13.2. The summed E-state index contributed by atoms with van der Waals surface area (Å²) in [5.74, 6) is 0.0199. The van der Waals surface area contributed by atoms with E-state index in [1.54, 1.807) is 13.0 Å². The molecule has 0 atom stereocenters. The van der Waals surface area contributed by atoms with Crippen LogP contribution < -0.4 is 4.72 Å². The molecule has 8 heteroatoms. The molecule has 1 saturated heterocycles. The van der Waals surface area contributed by atoms with E-state index in [2.05, 4.69) is 14.7 Å². The standard InChI is InChI=1S/C10H14ClN3O3S/c1-7-6-9(11)13-10(12-7)14-18(15,16)8-2-4-17-5-3-8/h6,8H,2-5H2,1H3,(H,12,13,14). The number of nitrogens with zero attached hydrogens (tertiary/aromatic N) is 2. The fraction of sp³-hybridized carbons (Fsp3) is 0.600. The number of rotatable bonds is 3. The average Bonchev–Trinajstić information content (AvgIpc) is 2.28. The van der Waals surface area contributed by atoms with E-state index in [0.29, 0.717) is 31.7 Å². The summed E-state index contributed by atoms with van der Waals surface area (Å²) in [7, 11) is -3.48. The molecule has 100 valence electrons. The van der Waals surface area contributed by atoms with Gasteiger partial charge in [0.1, 0.15) is 5.15 Å². The number of hydrogen-bond acceptors (Lipinski definition) is 5. The lowest BCUT2D eigenvalue weighted by Crippen LogP contribution is -2.33. The monoisotopic (exact) mass is 291 g/mol. The van der Waals surface area contributed by atoms with Crippen molar-refractivity contribution in [2.45, 2.75) is 25.0 Å². The Morgan fingerprint density at radius 2 is 2.06 bits per heavy atom. The summed E-state index contributed by atoms with van der Waals surface area (Å²) in [4.78, 5) is 7.84. The van der Waals surface area contributed by atoms with Crippen LogP contribution in [0.15, 0.2) is 6.07 Å². The lowest BCUT2D eigenvalue weighted by molar-refractivity contribution is 0.0984. The van der Waals surface area contributed by atoms with Crippen molar-refractivity contribution in [1.29, 1.82) is 0 Å². The highest BCUT2D eigenvalue weighted by molar-refractivity contribution is 7.93. The van der Waals surface area contributed by atoms with E-state index in [1.807, 2.05) is 0 Å². The first-order valence-electron chi connectivity index (χ1n) is 5.58. The quantitative estimate of drug-likeness (QED) is 0.851. The van der Waals surface area contributed by atoms with Crippen LogP contribution in [0.3, 0.4) is 0 Å². The Bertz CT molecular complexity index is 509. The van der Waals surface area contributed by atoms with E-state index < -0.39 is 15.3 Å². The van der Waals surface area contributed by atoms with Crippen LogP contribution in [-0.4, -0.2) is 36.8 Å². The Morgan fingerprint density at radius 1 is 1.39 bits per heavy atom. The van der Waals surface area contributed by atoms with Gasteiger partial charge in [-0.3, -0.25) is 4.72 Å². The minimum atomic E-state index is -3.48. The maximum Gasteiger partial charge on any atom is 0.238 e. The number of hydrogen-bond donors (Lipinski definition) is 1. The van der Waals surface area contributed by atoms with E-state index in [9.17, 15) is 8.42 Å². The van der Waals surface area contributed by atoms with Gasteiger partial charge in [0, 0.05) is 18.9 Å². The Hall–Kier alpha value is -0.920. The minimum Gasteiger partial charge on any atom is -0.381 e. The molecule has 2 rings (SSSR count). The van der Waals surface area contributed by atoms with Gasteiger partial charge in [-0.1, -0.05) is 11.6 Å². The molecule has 0 spiro atoms. The van der Waals surface area contributed by atoms with Gasteiger partial charge in [-0.15, -0.1) is 0 Å². The van der Waals surface area contributed by atoms with Gasteiger partial charge < -0.3 is 4.74 Å². The second-order valence-corrected chi connectivity index (χ2v) is 6.46. The lowest BCUT2D eigenvalue weighted by atomic mass is 10.2. The van der Waals surface area contributed by atoms with Crippen LogP contribution in [0.4, 0.5) is 5.95 Å². The summed E-state index contributed by atoms with van der Waals surface area (Å²) in [6.07, 6.45) is 0.962. The third-order valence-corrected chi connectivity index (χ3v) is 4.67. The van der Waals surface area contributed by atoms with Crippen LogP contribution in [0.1, 0.15) is 18.5 Å². The van der Waals surface area contributed by atoms with Gasteiger partial charge >= 0.3 is 0 Å². The molecule has 1 aliphatic rings. The average molecular weight is 292 g/mol. The van der Waals surface area contributed by atoms with Crippen molar-refractivity contribution >= 4 is 27.6 Å². The van der Waals surface area contributed by atoms with Gasteiger partial charge in [-0.2, -0.15) is 0 Å². The molecular formula is C10H14ClN3O3S. The number of halogens is 1. The number of nitrogens with one attached hydrogen (secondary N) is 1. The van der Waals surface area contributed by atoms with Crippen LogP contribution in [0.25, 0.3) is 0 Å². The third-order valence-electron chi connectivity index (χ3n) is 2.66. The van der Waals surface area contributed by atoms with E-state index in [1.165, 1.54) is 0 Å². The zero-order valence-corrected chi connectivity index (χ0v) is 11.5. The molecular weight excluding hydrogens is 278 g/mol. The lowest BCUT2D eigenvalue weighted by Gasteiger charge is -2.22. The Balaban J connectivity index is 2.16. The largest absolute Gasteiger partial charge is 0.381 e. The summed E-state index contributed by atoms with van der Waals surface area (Å²) >= 11 is 5.76. The molecule has 0 aliphatic carbocycles. The SMILES string of the molecule is Cc1cc(Cl)nc(NS(=O)(=O)C2CCOCC2)n1. The topological polar surface area (TPSA) is 81.2 Å². The Kier molecular flexibility index (Phi) is 4.04. The molecule has 1 aromatic rings. The Labute approximate surface area is 111 Å². The molecule has 1 aromatic heterocycles. The molecule has 0 saturated carbocycles. The molecule has 0 aromatic carbocycles. The summed E-state index contributed by atoms with van der Waals surface area (Å²) in [5, 5.41) is -0.249. The van der Waals surface area contributed by atoms with Crippen LogP contribution >= 0.6 is 11.6 Å². The maximum absolute atomic E-state index is 12.1. The molecule has 0 radical (unpaired) electrons. The highest BCUT2D eigenvalue weighted by atomic mass is 35.5. The van der Waals surface area contributed by atoms with Crippen molar-refractivity contribution in [3.63, 3.8) is 0 Å². The normalized spacial score (nSPS) is 17.7. The number of aryl methyl sites for hydroxylation is 1. The number of ether oxygens (including phenoxy) is 1. The zero-order valence-electron chi connectivity index (χ0n) is 9.89. The molecule has 0 amide bonds. The van der Waals surface area contributed by atoms with Gasteiger partial charge in [0.05, 0.1) is 5.25 Å². The highest BCUT2D eigenvalue weighted by Gasteiger charge is 2.28. The maximum atomic E-state index is 12.1. The van der Waals surface area contributed by atoms with E-state index in [-0.39, 0.29) is 11.1 Å².